The van der Waals surface area contributed by atoms with Crippen molar-refractivity contribution < 1.29 is 14.7 Å². The van der Waals surface area contributed by atoms with Crippen molar-refractivity contribution in [3.05, 3.63) is 71.3 Å². The van der Waals surface area contributed by atoms with Crippen molar-refractivity contribution in [1.29, 1.82) is 5.41 Å². The van der Waals surface area contributed by atoms with E-state index in [1.165, 1.54) is 5.56 Å². The number of benzene rings is 2. The quantitative estimate of drug-likeness (QED) is 0.475. The van der Waals surface area contributed by atoms with Gasteiger partial charge in [0.15, 0.2) is 0 Å². The molecule has 4 rings (SSSR count). The fraction of sp³-hybridized carbons (Fsp3) is 0.400. The smallest absolute Gasteiger partial charge is 0.317 e. The zero-order valence-corrected chi connectivity index (χ0v) is 19.0. The van der Waals surface area contributed by atoms with Gasteiger partial charge in [0.2, 0.25) is 0 Å². The minimum Gasteiger partial charge on any atom is -0.480 e. The Balaban J connectivity index is 1.26. The second-order valence-corrected chi connectivity index (χ2v) is 8.71. The summed E-state index contributed by atoms with van der Waals surface area (Å²) in [5, 5.41) is 21.8. The predicted molar refractivity (Wildman–Crippen MR) is 128 cm³/mol. The molecule has 2 aliphatic rings. The van der Waals surface area contributed by atoms with Crippen LogP contribution < -0.4 is 0 Å². The number of nitrogens with zero attached hydrogens (tertiary/aromatic N) is 4. The minimum atomic E-state index is -0.774. The zero-order valence-electron chi connectivity index (χ0n) is 19.0. The first kappa shape index (κ1) is 22.9. The SMILES string of the molecule is CN(Cc1ccccc1)C(=N)c1ccc(C2=NOC(CN3CCN(CC(=O)O)CC3)C2)cc1. The van der Waals surface area contributed by atoms with Crippen molar-refractivity contribution in [2.75, 3.05) is 46.3 Å². The molecular weight excluding hydrogens is 418 g/mol. The molecule has 174 valence electrons. The van der Waals surface area contributed by atoms with Crippen molar-refractivity contribution in [3.63, 3.8) is 0 Å². The van der Waals surface area contributed by atoms with E-state index in [-0.39, 0.29) is 12.6 Å². The van der Waals surface area contributed by atoms with Gasteiger partial charge >= 0.3 is 5.97 Å². The normalized spacial score (nSPS) is 19.1. The van der Waals surface area contributed by atoms with Crippen molar-refractivity contribution >= 4 is 17.5 Å². The lowest BCUT2D eigenvalue weighted by atomic mass is 10.0. The van der Waals surface area contributed by atoms with E-state index in [4.69, 9.17) is 15.4 Å². The number of carboxylic acid groups (broad SMARTS) is 1. The molecule has 2 heterocycles. The molecule has 2 aliphatic heterocycles. The van der Waals surface area contributed by atoms with Crippen LogP contribution in [0.25, 0.3) is 0 Å². The molecule has 0 bridgehead atoms. The monoisotopic (exact) mass is 449 g/mol. The van der Waals surface area contributed by atoms with Crippen molar-refractivity contribution in [1.82, 2.24) is 14.7 Å². The highest BCUT2D eigenvalue weighted by Gasteiger charge is 2.27. The fourth-order valence-corrected chi connectivity index (χ4v) is 4.28. The van der Waals surface area contributed by atoms with Crippen LogP contribution in [0.4, 0.5) is 0 Å². The van der Waals surface area contributed by atoms with Crippen molar-refractivity contribution in [3.8, 4) is 0 Å². The van der Waals surface area contributed by atoms with Gasteiger partial charge in [0.05, 0.1) is 12.3 Å². The number of nitrogens with one attached hydrogen (secondary N) is 1. The third-order valence-corrected chi connectivity index (χ3v) is 6.15. The Bertz CT molecular complexity index is 985. The number of amidine groups is 1. The highest BCUT2D eigenvalue weighted by Crippen LogP contribution is 2.19. The van der Waals surface area contributed by atoms with Crippen LogP contribution in [-0.4, -0.2) is 89.7 Å². The fourth-order valence-electron chi connectivity index (χ4n) is 4.28. The Morgan fingerprint density at radius 3 is 2.42 bits per heavy atom. The highest BCUT2D eigenvalue weighted by atomic mass is 16.6. The van der Waals surface area contributed by atoms with Crippen LogP contribution in [0.2, 0.25) is 0 Å². The lowest BCUT2D eigenvalue weighted by Crippen LogP contribution is -2.49. The van der Waals surface area contributed by atoms with Gasteiger partial charge in [-0.2, -0.15) is 0 Å². The van der Waals surface area contributed by atoms with Crippen molar-refractivity contribution in [2.24, 2.45) is 5.16 Å². The predicted octanol–water partition coefficient (Wildman–Crippen LogP) is 2.34. The topological polar surface area (TPSA) is 92.5 Å². The summed E-state index contributed by atoms with van der Waals surface area (Å²) in [5.41, 5.74) is 3.99. The van der Waals surface area contributed by atoms with Crippen LogP contribution in [0, 0.1) is 5.41 Å². The summed E-state index contributed by atoms with van der Waals surface area (Å²) in [6, 6.07) is 18.1. The summed E-state index contributed by atoms with van der Waals surface area (Å²) in [6.07, 6.45) is 0.765. The number of carboxylic acids is 1. The number of carbonyl (C=O) groups is 1. The van der Waals surface area contributed by atoms with Crippen LogP contribution >= 0.6 is 0 Å². The Kier molecular flexibility index (Phi) is 7.36. The molecule has 1 atom stereocenters. The van der Waals surface area contributed by atoms with Gasteiger partial charge < -0.3 is 14.8 Å². The second kappa shape index (κ2) is 10.6. The number of hydrogen-bond donors (Lipinski definition) is 2. The molecule has 33 heavy (non-hydrogen) atoms. The van der Waals surface area contributed by atoms with Gasteiger partial charge in [-0.25, -0.2) is 0 Å². The van der Waals surface area contributed by atoms with Crippen LogP contribution in [-0.2, 0) is 16.2 Å². The summed E-state index contributed by atoms with van der Waals surface area (Å²) in [5.74, 6) is -0.292. The van der Waals surface area contributed by atoms with E-state index < -0.39 is 5.97 Å². The summed E-state index contributed by atoms with van der Waals surface area (Å²) in [4.78, 5) is 22.8. The Morgan fingerprint density at radius 2 is 1.76 bits per heavy atom. The molecule has 0 amide bonds. The van der Waals surface area contributed by atoms with Crippen LogP contribution in [0.1, 0.15) is 23.1 Å². The molecule has 2 N–H and O–H groups in total. The van der Waals surface area contributed by atoms with Crippen LogP contribution in [0.5, 0.6) is 0 Å². The Morgan fingerprint density at radius 1 is 1.09 bits per heavy atom. The summed E-state index contributed by atoms with van der Waals surface area (Å²) in [7, 11) is 1.93. The zero-order chi connectivity index (χ0) is 23.2. The van der Waals surface area contributed by atoms with Gasteiger partial charge in [0.1, 0.15) is 11.9 Å². The molecule has 8 nitrogen and oxygen atoms in total. The van der Waals surface area contributed by atoms with E-state index in [0.29, 0.717) is 12.4 Å². The molecular formula is C25H31N5O3. The number of aliphatic carboxylic acids is 1. The molecule has 1 saturated heterocycles. The third kappa shape index (κ3) is 6.18. The van der Waals surface area contributed by atoms with E-state index in [9.17, 15) is 4.79 Å². The summed E-state index contributed by atoms with van der Waals surface area (Å²) < 4.78 is 0. The molecule has 0 aromatic heterocycles. The second-order valence-electron chi connectivity index (χ2n) is 8.71. The maximum Gasteiger partial charge on any atom is 0.317 e. The van der Waals surface area contributed by atoms with Gasteiger partial charge in [-0.05, 0) is 11.1 Å². The van der Waals surface area contributed by atoms with Crippen LogP contribution in [0.15, 0.2) is 59.8 Å². The third-order valence-electron chi connectivity index (χ3n) is 6.15. The van der Waals surface area contributed by atoms with E-state index in [1.54, 1.807) is 0 Å². The maximum atomic E-state index is 10.9. The van der Waals surface area contributed by atoms with Crippen LogP contribution in [0.3, 0.4) is 0 Å². The number of piperazine rings is 1. The van der Waals surface area contributed by atoms with E-state index in [0.717, 1.165) is 56.0 Å². The molecule has 0 saturated carbocycles. The number of hydrogen-bond acceptors (Lipinski definition) is 6. The molecule has 2 aromatic rings. The van der Waals surface area contributed by atoms with Gasteiger partial charge in [0, 0.05) is 58.3 Å². The molecule has 1 unspecified atom stereocenters. The minimum absolute atomic E-state index is 0.0148. The van der Waals surface area contributed by atoms with Crippen molar-refractivity contribution in [2.45, 2.75) is 19.1 Å². The summed E-state index contributed by atoms with van der Waals surface area (Å²) >= 11 is 0. The van der Waals surface area contributed by atoms with E-state index in [1.807, 2.05) is 59.3 Å². The Labute approximate surface area is 194 Å². The standard InChI is InChI=1S/C25H31N5O3/c1-28(16-19-5-3-2-4-6-19)25(26)21-9-7-20(8-10-21)23-15-22(33-27-23)17-29-11-13-30(14-12-29)18-24(31)32/h2-10,22,26H,11-18H2,1H3,(H,31,32). The largest absolute Gasteiger partial charge is 0.480 e. The molecule has 0 radical (unpaired) electrons. The first-order chi connectivity index (χ1) is 16.0. The van der Waals surface area contributed by atoms with Gasteiger partial charge in [-0.3, -0.25) is 20.0 Å². The van der Waals surface area contributed by atoms with Gasteiger partial charge in [0.25, 0.3) is 0 Å². The lowest BCUT2D eigenvalue weighted by Gasteiger charge is -2.34. The maximum absolute atomic E-state index is 10.9. The molecule has 8 heteroatoms. The van der Waals surface area contributed by atoms with Gasteiger partial charge in [-0.1, -0.05) is 59.8 Å². The van der Waals surface area contributed by atoms with Gasteiger partial charge in [-0.15, -0.1) is 0 Å². The average molecular weight is 450 g/mol. The molecule has 0 spiro atoms. The first-order valence-corrected chi connectivity index (χ1v) is 11.3. The number of oxime groups is 1. The molecule has 2 aromatic carbocycles. The van der Waals surface area contributed by atoms with E-state index in [2.05, 4.69) is 22.2 Å². The molecule has 0 aliphatic carbocycles. The Hall–Kier alpha value is -3.23. The lowest BCUT2D eigenvalue weighted by molar-refractivity contribution is -0.138. The average Bonchev–Trinajstić information content (AvgIpc) is 3.29. The summed E-state index contributed by atoms with van der Waals surface area (Å²) in [6.45, 7) is 4.80. The molecule has 1 fully saturated rings. The first-order valence-electron chi connectivity index (χ1n) is 11.3. The van der Waals surface area contributed by atoms with E-state index >= 15 is 0 Å². The number of rotatable bonds is 8. The highest BCUT2D eigenvalue weighted by molar-refractivity contribution is 6.02.